The monoisotopic (exact) mass is 411 g/mol. The Balaban J connectivity index is 1.17. The first-order valence-electron chi connectivity index (χ1n) is 11.8. The molecule has 3 heterocycles. The molecule has 1 aromatic carbocycles. The molecule has 3 aliphatic heterocycles. The van der Waals surface area contributed by atoms with E-state index in [0.29, 0.717) is 6.42 Å². The highest BCUT2D eigenvalue weighted by Crippen LogP contribution is 2.28. The van der Waals surface area contributed by atoms with Crippen molar-refractivity contribution in [1.29, 1.82) is 0 Å². The highest BCUT2D eigenvalue weighted by atomic mass is 16.2. The molecule has 4 rings (SSSR count). The van der Waals surface area contributed by atoms with Crippen LogP contribution in [-0.2, 0) is 11.2 Å². The molecule has 2 fully saturated rings. The van der Waals surface area contributed by atoms with E-state index in [1.54, 1.807) is 0 Å². The lowest BCUT2D eigenvalue weighted by molar-refractivity contribution is -0.118. The molecule has 6 nitrogen and oxygen atoms in total. The van der Waals surface area contributed by atoms with E-state index in [4.69, 9.17) is 0 Å². The van der Waals surface area contributed by atoms with Gasteiger partial charge in [-0.25, -0.2) is 0 Å². The van der Waals surface area contributed by atoms with Crippen LogP contribution in [0.2, 0.25) is 0 Å². The second kappa shape index (κ2) is 10.3. The fraction of sp³-hybridized carbons (Fsp3) is 0.667. The molecule has 1 N–H and O–H groups in total. The summed E-state index contributed by atoms with van der Waals surface area (Å²) in [4.78, 5) is 24.2. The maximum Gasteiger partial charge on any atom is 0.227 e. The number of anilines is 1. The maximum absolute atomic E-state index is 12.7. The van der Waals surface area contributed by atoms with Crippen molar-refractivity contribution in [2.75, 3.05) is 57.8 Å². The third kappa shape index (κ3) is 5.15. The SMILES string of the molecule is CN=C(NCCCC(=O)N1CCc2ccccc21)N1CCC(CN2CCCCC2)C1. The molecule has 1 unspecified atom stereocenters. The van der Waals surface area contributed by atoms with Crippen LogP contribution in [0.15, 0.2) is 29.3 Å². The first kappa shape index (κ1) is 21.2. The third-order valence-corrected chi connectivity index (χ3v) is 6.80. The van der Waals surface area contributed by atoms with E-state index < -0.39 is 0 Å². The van der Waals surface area contributed by atoms with Gasteiger partial charge in [0.15, 0.2) is 5.96 Å². The number of para-hydroxylation sites is 1. The van der Waals surface area contributed by atoms with Crippen LogP contribution in [0.25, 0.3) is 0 Å². The van der Waals surface area contributed by atoms with Crippen LogP contribution < -0.4 is 10.2 Å². The lowest BCUT2D eigenvalue weighted by Crippen LogP contribution is -2.41. The summed E-state index contributed by atoms with van der Waals surface area (Å²) in [6, 6.07) is 8.26. The molecule has 0 saturated carbocycles. The number of carbonyl (C=O) groups excluding carboxylic acids is 1. The van der Waals surface area contributed by atoms with Gasteiger partial charge in [-0.1, -0.05) is 24.6 Å². The zero-order valence-corrected chi connectivity index (χ0v) is 18.5. The molecule has 1 amide bonds. The van der Waals surface area contributed by atoms with E-state index in [1.165, 1.54) is 50.9 Å². The van der Waals surface area contributed by atoms with E-state index in [0.717, 1.165) is 56.6 Å². The van der Waals surface area contributed by atoms with Crippen molar-refractivity contribution in [1.82, 2.24) is 15.1 Å². The molecule has 2 saturated heterocycles. The summed E-state index contributed by atoms with van der Waals surface area (Å²) >= 11 is 0. The van der Waals surface area contributed by atoms with E-state index >= 15 is 0 Å². The molecular weight excluding hydrogens is 374 g/mol. The van der Waals surface area contributed by atoms with E-state index in [9.17, 15) is 4.79 Å². The minimum absolute atomic E-state index is 0.236. The molecule has 164 valence electrons. The molecular formula is C24H37N5O. The zero-order valence-electron chi connectivity index (χ0n) is 18.5. The molecule has 0 spiro atoms. The van der Waals surface area contributed by atoms with Crippen molar-refractivity contribution in [2.24, 2.45) is 10.9 Å². The van der Waals surface area contributed by atoms with Crippen LogP contribution in [0.3, 0.4) is 0 Å². The topological polar surface area (TPSA) is 51.2 Å². The number of hydrogen-bond acceptors (Lipinski definition) is 3. The van der Waals surface area contributed by atoms with Gasteiger partial charge in [-0.2, -0.15) is 0 Å². The Kier molecular flexibility index (Phi) is 7.26. The standard InChI is InChI=1S/C24H37N5O/c1-25-24(28-16-11-20(19-28)18-27-14-5-2-6-15-27)26-13-7-10-23(30)29-17-12-21-8-3-4-9-22(21)29/h3-4,8-9,20H,2,5-7,10-19H2,1H3,(H,25,26). The molecule has 1 atom stereocenters. The normalized spacial score (nSPS) is 22.4. The second-order valence-electron chi connectivity index (χ2n) is 8.96. The summed E-state index contributed by atoms with van der Waals surface area (Å²) in [6.07, 6.45) is 7.77. The van der Waals surface area contributed by atoms with Crippen LogP contribution in [0.4, 0.5) is 5.69 Å². The van der Waals surface area contributed by atoms with Gasteiger partial charge in [0.05, 0.1) is 0 Å². The van der Waals surface area contributed by atoms with Gasteiger partial charge in [0.2, 0.25) is 5.91 Å². The molecule has 6 heteroatoms. The summed E-state index contributed by atoms with van der Waals surface area (Å²) < 4.78 is 0. The van der Waals surface area contributed by atoms with Crippen LogP contribution in [-0.4, -0.2) is 74.5 Å². The molecule has 0 aliphatic carbocycles. The summed E-state index contributed by atoms with van der Waals surface area (Å²) in [6.45, 7) is 7.58. The van der Waals surface area contributed by atoms with Crippen LogP contribution >= 0.6 is 0 Å². The predicted molar refractivity (Wildman–Crippen MR) is 123 cm³/mol. The Hall–Kier alpha value is -2.08. The molecule has 0 aromatic heterocycles. The quantitative estimate of drug-likeness (QED) is 0.444. The van der Waals surface area contributed by atoms with Gasteiger partial charge >= 0.3 is 0 Å². The van der Waals surface area contributed by atoms with Crippen molar-refractivity contribution < 1.29 is 4.79 Å². The lowest BCUT2D eigenvalue weighted by atomic mass is 10.1. The average molecular weight is 412 g/mol. The summed E-state index contributed by atoms with van der Waals surface area (Å²) in [5, 5.41) is 3.49. The largest absolute Gasteiger partial charge is 0.356 e. The van der Waals surface area contributed by atoms with Crippen molar-refractivity contribution in [3.05, 3.63) is 29.8 Å². The number of carbonyl (C=O) groups is 1. The van der Waals surface area contributed by atoms with Crippen LogP contribution in [0, 0.1) is 5.92 Å². The first-order chi connectivity index (χ1) is 14.7. The second-order valence-corrected chi connectivity index (χ2v) is 8.96. The number of nitrogens with one attached hydrogen (secondary N) is 1. The summed E-state index contributed by atoms with van der Waals surface area (Å²) in [5.41, 5.74) is 2.39. The van der Waals surface area contributed by atoms with Crippen molar-refractivity contribution in [3.8, 4) is 0 Å². The Labute approximate surface area is 181 Å². The number of guanidine groups is 1. The summed E-state index contributed by atoms with van der Waals surface area (Å²) in [7, 11) is 1.87. The van der Waals surface area contributed by atoms with E-state index in [-0.39, 0.29) is 5.91 Å². The highest BCUT2D eigenvalue weighted by Gasteiger charge is 2.27. The summed E-state index contributed by atoms with van der Waals surface area (Å²) in [5.74, 6) is 1.98. The molecule has 0 radical (unpaired) electrons. The number of benzene rings is 1. The van der Waals surface area contributed by atoms with Crippen molar-refractivity contribution in [3.63, 3.8) is 0 Å². The number of amides is 1. The average Bonchev–Trinajstić information content (AvgIpc) is 3.41. The van der Waals surface area contributed by atoms with Gasteiger partial charge in [0, 0.05) is 51.9 Å². The number of fused-ring (bicyclic) bond motifs is 1. The number of aliphatic imine (C=N–C) groups is 1. The number of likely N-dealkylation sites (tertiary alicyclic amines) is 2. The van der Waals surface area contributed by atoms with Gasteiger partial charge in [0.1, 0.15) is 0 Å². The third-order valence-electron chi connectivity index (χ3n) is 6.80. The Morgan fingerprint density at radius 2 is 1.97 bits per heavy atom. The van der Waals surface area contributed by atoms with E-state index in [1.807, 2.05) is 18.0 Å². The minimum Gasteiger partial charge on any atom is -0.356 e. The smallest absolute Gasteiger partial charge is 0.227 e. The predicted octanol–water partition coefficient (Wildman–Crippen LogP) is 2.74. The molecule has 1 aromatic rings. The highest BCUT2D eigenvalue weighted by molar-refractivity contribution is 5.95. The van der Waals surface area contributed by atoms with Crippen LogP contribution in [0.1, 0.15) is 44.1 Å². The number of hydrogen-bond donors (Lipinski definition) is 1. The van der Waals surface area contributed by atoms with E-state index in [2.05, 4.69) is 38.3 Å². The Morgan fingerprint density at radius 1 is 1.13 bits per heavy atom. The number of nitrogens with zero attached hydrogens (tertiary/aromatic N) is 4. The molecule has 30 heavy (non-hydrogen) atoms. The van der Waals surface area contributed by atoms with Gasteiger partial charge in [-0.05, 0) is 62.7 Å². The fourth-order valence-corrected chi connectivity index (χ4v) is 5.19. The number of rotatable bonds is 6. The number of piperidine rings is 1. The molecule has 3 aliphatic rings. The Bertz CT molecular complexity index is 743. The fourth-order valence-electron chi connectivity index (χ4n) is 5.19. The zero-order chi connectivity index (χ0) is 20.8. The van der Waals surface area contributed by atoms with Gasteiger partial charge in [-0.15, -0.1) is 0 Å². The van der Waals surface area contributed by atoms with Gasteiger partial charge < -0.3 is 20.0 Å². The van der Waals surface area contributed by atoms with Crippen LogP contribution in [0.5, 0.6) is 0 Å². The van der Waals surface area contributed by atoms with Gasteiger partial charge in [0.25, 0.3) is 0 Å². The maximum atomic E-state index is 12.7. The van der Waals surface area contributed by atoms with Crippen molar-refractivity contribution >= 4 is 17.6 Å². The van der Waals surface area contributed by atoms with Crippen molar-refractivity contribution in [2.45, 2.75) is 44.9 Å². The van der Waals surface area contributed by atoms with Gasteiger partial charge in [-0.3, -0.25) is 9.79 Å². The minimum atomic E-state index is 0.236. The Morgan fingerprint density at radius 3 is 2.80 bits per heavy atom. The first-order valence-corrected chi connectivity index (χ1v) is 11.8. The molecule has 0 bridgehead atoms. The lowest BCUT2D eigenvalue weighted by Gasteiger charge is -2.29.